The molecule has 1 N–H and O–H groups in total. The number of amides is 1. The highest BCUT2D eigenvalue weighted by molar-refractivity contribution is 7.84. The van der Waals surface area contributed by atoms with E-state index in [9.17, 15) is 29.0 Å². The molecule has 5 rings (SSSR count). The molecule has 2 aromatic heterocycles. The third-order valence-corrected chi connectivity index (χ3v) is 9.57. The first-order valence-corrected chi connectivity index (χ1v) is 15.0. The minimum Gasteiger partial charge on any atom is -0.456 e. The molecule has 1 saturated heterocycles. The van der Waals surface area contributed by atoms with E-state index in [0.717, 1.165) is 0 Å². The molecule has 14 nitrogen and oxygen atoms in total. The van der Waals surface area contributed by atoms with Crippen LogP contribution < -0.4 is 4.40 Å². The summed E-state index contributed by atoms with van der Waals surface area (Å²) in [4.78, 5) is 42.6. The first kappa shape index (κ1) is 28.4. The molecule has 0 bridgehead atoms. The fourth-order valence-electron chi connectivity index (χ4n) is 5.52. The number of benzene rings is 1. The summed E-state index contributed by atoms with van der Waals surface area (Å²) in [5, 5.41) is 25.3. The number of hydrogen-bond acceptors (Lipinski definition) is 9. The number of imidazole rings is 1. The van der Waals surface area contributed by atoms with Crippen LogP contribution in [0.4, 0.5) is 5.69 Å². The van der Waals surface area contributed by atoms with Crippen molar-refractivity contribution in [2.45, 2.75) is 44.2 Å². The van der Waals surface area contributed by atoms with Crippen molar-refractivity contribution in [3.63, 3.8) is 0 Å². The number of aromatic nitrogens is 2. The van der Waals surface area contributed by atoms with Gasteiger partial charge in [0.15, 0.2) is 0 Å². The Bertz CT molecular complexity index is 1670. The molecule has 0 aliphatic carbocycles. The van der Waals surface area contributed by atoms with Gasteiger partial charge in [0.05, 0.1) is 51.8 Å². The lowest BCUT2D eigenvalue weighted by Gasteiger charge is -2.46. The third kappa shape index (κ3) is 4.88. The molecule has 0 spiro atoms. The lowest BCUT2D eigenvalue weighted by molar-refractivity contribution is -0.508. The lowest BCUT2D eigenvalue weighted by atomic mass is 9.77. The molecular formula is C25H26N7O7S2+. The first-order valence-electron chi connectivity index (χ1n) is 12.6. The van der Waals surface area contributed by atoms with E-state index in [1.165, 1.54) is 40.5 Å². The van der Waals surface area contributed by atoms with Crippen molar-refractivity contribution >= 4 is 50.1 Å². The highest BCUT2D eigenvalue weighted by atomic mass is 32.2. The SMILES string of the molecule is C[C@@H](O)[C@H]1C(=O)N2C(C(=O)OCc3ccc([N+](=O)[O-])cc3)=C(c3c[n+]4cn(CCN=[N+]=[N-])c(S(C)=O)c4s3)[C@H](C)[C@H]12. The first-order chi connectivity index (χ1) is 19.5. The number of nitro benzene ring substituents is 1. The summed E-state index contributed by atoms with van der Waals surface area (Å²) >= 11 is 1.31. The number of aliphatic hydroxyl groups is 1. The van der Waals surface area contributed by atoms with E-state index in [2.05, 4.69) is 10.0 Å². The summed E-state index contributed by atoms with van der Waals surface area (Å²) in [6, 6.07) is 5.18. The number of hydrogen-bond donors (Lipinski definition) is 1. The standard InChI is InChI=1S/C25H26N7O7S2/c1-13-18(17-10-30-12-29(9-8-27-28-26)24(41(3)38)23(30)40-17)21(31-20(13)19(14(2)33)22(31)34)25(35)39-11-15-4-6-16(7-5-15)32(36)37/h4-7,10,12-14,19-20,33H,8-9,11H2,1-3H3/q+1/t13-,14+,19+,20+,41?/m0/s1. The van der Waals surface area contributed by atoms with Gasteiger partial charge in [-0.15, -0.1) is 0 Å². The van der Waals surface area contributed by atoms with Crippen LogP contribution in [0.3, 0.4) is 0 Å². The van der Waals surface area contributed by atoms with E-state index in [4.69, 9.17) is 10.3 Å². The molecular weight excluding hydrogens is 574 g/mol. The normalized spacial score (nSPS) is 21.3. The maximum absolute atomic E-state index is 13.5. The minimum atomic E-state index is -1.38. The summed E-state index contributed by atoms with van der Waals surface area (Å²) in [5.41, 5.74) is 9.73. The van der Waals surface area contributed by atoms with E-state index in [0.29, 0.717) is 32.4 Å². The quantitative estimate of drug-likeness (QED) is 0.0541. The van der Waals surface area contributed by atoms with Gasteiger partial charge in [-0.1, -0.05) is 23.4 Å². The molecule has 0 saturated carbocycles. The topological polar surface area (TPSA) is 185 Å². The molecule has 41 heavy (non-hydrogen) atoms. The number of rotatable bonds is 10. The van der Waals surface area contributed by atoms with Crippen molar-refractivity contribution in [1.29, 1.82) is 0 Å². The number of azide groups is 1. The zero-order valence-electron chi connectivity index (χ0n) is 22.2. The monoisotopic (exact) mass is 600 g/mol. The van der Waals surface area contributed by atoms with Crippen LogP contribution in [-0.4, -0.2) is 60.5 Å². The van der Waals surface area contributed by atoms with Crippen molar-refractivity contribution in [2.75, 3.05) is 12.8 Å². The zero-order chi connectivity index (χ0) is 29.6. The van der Waals surface area contributed by atoms with Crippen molar-refractivity contribution in [1.82, 2.24) is 9.47 Å². The van der Waals surface area contributed by atoms with Gasteiger partial charge in [-0.2, -0.15) is 4.40 Å². The molecule has 1 fully saturated rings. The van der Waals surface area contributed by atoms with Crippen LogP contribution in [0.5, 0.6) is 0 Å². The van der Waals surface area contributed by atoms with Crippen LogP contribution in [-0.2, 0) is 38.3 Å². The number of aliphatic hydroxyl groups excluding tert-OH is 1. The molecule has 214 valence electrons. The number of β-lactam (4-membered cyclic amide) rings is 1. The van der Waals surface area contributed by atoms with Crippen LogP contribution in [0.15, 0.2) is 52.6 Å². The Labute approximate surface area is 239 Å². The Morgan fingerprint density at radius 3 is 2.71 bits per heavy atom. The average Bonchev–Trinajstić information content (AvgIpc) is 3.54. The summed E-state index contributed by atoms with van der Waals surface area (Å²) < 4.78 is 21.8. The maximum atomic E-state index is 13.5. The third-order valence-electron chi connectivity index (χ3n) is 7.33. The van der Waals surface area contributed by atoms with Gasteiger partial charge in [0.2, 0.25) is 15.8 Å². The second kappa shape index (κ2) is 11.0. The highest BCUT2D eigenvalue weighted by Gasteiger charge is 2.60. The Kier molecular flexibility index (Phi) is 7.66. The van der Waals surface area contributed by atoms with Crippen LogP contribution in [0.25, 0.3) is 20.8 Å². The molecule has 1 amide bonds. The minimum absolute atomic E-state index is 0.0891. The summed E-state index contributed by atoms with van der Waals surface area (Å²) in [7, 11) is -1.38. The lowest BCUT2D eigenvalue weighted by Crippen LogP contribution is -2.63. The van der Waals surface area contributed by atoms with E-state index in [1.807, 2.05) is 6.92 Å². The van der Waals surface area contributed by atoms with E-state index in [-0.39, 0.29) is 36.4 Å². The largest absolute Gasteiger partial charge is 0.456 e. The predicted octanol–water partition coefficient (Wildman–Crippen LogP) is 2.56. The Morgan fingerprint density at radius 2 is 2.10 bits per heavy atom. The fourth-order valence-corrected chi connectivity index (χ4v) is 7.99. The molecule has 0 radical (unpaired) electrons. The maximum Gasteiger partial charge on any atom is 0.355 e. The van der Waals surface area contributed by atoms with E-state index in [1.54, 1.807) is 34.7 Å². The summed E-state index contributed by atoms with van der Waals surface area (Å²) in [6.07, 6.45) is 4.18. The Hall–Kier alpha value is -4.11. The number of thiazole rings is 1. The predicted molar refractivity (Wildman–Crippen MR) is 147 cm³/mol. The van der Waals surface area contributed by atoms with Crippen LogP contribution in [0, 0.1) is 22.0 Å². The Morgan fingerprint density at radius 1 is 1.39 bits per heavy atom. The number of nitro groups is 1. The van der Waals surface area contributed by atoms with Gasteiger partial charge < -0.3 is 14.7 Å². The fraction of sp³-hybridized carbons (Fsp3) is 0.400. The molecule has 4 heterocycles. The molecule has 1 aromatic carbocycles. The highest BCUT2D eigenvalue weighted by Crippen LogP contribution is 2.51. The van der Waals surface area contributed by atoms with Crippen LogP contribution >= 0.6 is 11.3 Å². The van der Waals surface area contributed by atoms with E-state index >= 15 is 0 Å². The van der Waals surface area contributed by atoms with Crippen LogP contribution in [0.1, 0.15) is 24.3 Å². The van der Waals surface area contributed by atoms with Gasteiger partial charge in [-0.3, -0.25) is 19.1 Å². The number of non-ortho nitro benzene ring substituents is 1. The van der Waals surface area contributed by atoms with E-state index < -0.39 is 39.8 Å². The van der Waals surface area contributed by atoms with Gasteiger partial charge in [0.1, 0.15) is 18.5 Å². The molecule has 2 aliphatic heterocycles. The van der Waals surface area contributed by atoms with Gasteiger partial charge in [-0.25, -0.2) is 9.36 Å². The van der Waals surface area contributed by atoms with Crippen molar-refractivity contribution in [3.8, 4) is 0 Å². The number of fused-ring (bicyclic) bond motifs is 2. The van der Waals surface area contributed by atoms with Gasteiger partial charge >= 0.3 is 5.97 Å². The number of esters is 1. The molecule has 16 heteroatoms. The van der Waals surface area contributed by atoms with Crippen LogP contribution in [0.2, 0.25) is 0 Å². The number of ether oxygens (including phenoxy) is 1. The average molecular weight is 601 g/mol. The second-order valence-electron chi connectivity index (χ2n) is 9.85. The van der Waals surface area contributed by atoms with Gasteiger partial charge in [-0.05, 0) is 30.2 Å². The zero-order valence-corrected chi connectivity index (χ0v) is 23.9. The van der Waals surface area contributed by atoms with Gasteiger partial charge in [0, 0.05) is 34.8 Å². The number of carbonyl (C=O) groups excluding carboxylic acids is 2. The molecule has 5 atom stereocenters. The second-order valence-corrected chi connectivity index (χ2v) is 12.2. The van der Waals surface area contributed by atoms with Gasteiger partial charge in [0.25, 0.3) is 12.0 Å². The van der Waals surface area contributed by atoms with Crippen molar-refractivity contribution in [2.24, 2.45) is 17.0 Å². The Balaban J connectivity index is 1.52. The smallest absolute Gasteiger partial charge is 0.355 e. The van der Waals surface area contributed by atoms with Crippen molar-refractivity contribution < 1.29 is 33.0 Å². The molecule has 1 unspecified atom stereocenters. The van der Waals surface area contributed by atoms with Crippen molar-refractivity contribution in [3.05, 3.63) is 73.5 Å². The number of nitrogens with zero attached hydrogens (tertiary/aromatic N) is 7. The number of carbonyl (C=O) groups is 2. The summed E-state index contributed by atoms with van der Waals surface area (Å²) in [6.45, 7) is 3.79. The summed E-state index contributed by atoms with van der Waals surface area (Å²) in [5.74, 6) is -2.09. The molecule has 3 aromatic rings. The molecule has 2 aliphatic rings.